The SMILES string of the molecule is CS(=O)(=O)c1ccccc1C(=O)N1CCOC(C(F)F)C1. The van der Waals surface area contributed by atoms with E-state index in [1.54, 1.807) is 0 Å². The van der Waals surface area contributed by atoms with E-state index >= 15 is 0 Å². The van der Waals surface area contributed by atoms with Gasteiger partial charge in [0.1, 0.15) is 6.10 Å². The second-order valence-electron chi connectivity index (χ2n) is 4.76. The number of carbonyl (C=O) groups excluding carboxylic acids is 1. The van der Waals surface area contributed by atoms with Crippen LogP contribution in [0, 0.1) is 0 Å². The summed E-state index contributed by atoms with van der Waals surface area (Å²) in [7, 11) is -3.57. The molecular weight excluding hydrogens is 304 g/mol. The van der Waals surface area contributed by atoms with Gasteiger partial charge in [-0.05, 0) is 12.1 Å². The van der Waals surface area contributed by atoms with Gasteiger partial charge in [0.25, 0.3) is 12.3 Å². The van der Waals surface area contributed by atoms with Crippen LogP contribution in [0.2, 0.25) is 0 Å². The first-order chi connectivity index (χ1) is 9.80. The number of hydrogen-bond donors (Lipinski definition) is 0. The fraction of sp³-hybridized carbons (Fsp3) is 0.462. The first-order valence-corrected chi connectivity index (χ1v) is 8.18. The zero-order valence-corrected chi connectivity index (χ0v) is 12.1. The van der Waals surface area contributed by atoms with Crippen LogP contribution in [0.1, 0.15) is 10.4 Å². The highest BCUT2D eigenvalue weighted by atomic mass is 32.2. The highest BCUT2D eigenvalue weighted by Gasteiger charge is 2.32. The minimum Gasteiger partial charge on any atom is -0.369 e. The minimum atomic E-state index is -3.57. The first-order valence-electron chi connectivity index (χ1n) is 6.29. The lowest BCUT2D eigenvalue weighted by Crippen LogP contribution is -2.48. The largest absolute Gasteiger partial charge is 0.369 e. The van der Waals surface area contributed by atoms with E-state index in [0.717, 1.165) is 6.26 Å². The lowest BCUT2D eigenvalue weighted by molar-refractivity contribution is -0.0943. The van der Waals surface area contributed by atoms with Gasteiger partial charge in [0.15, 0.2) is 9.84 Å². The summed E-state index contributed by atoms with van der Waals surface area (Å²) in [6, 6.07) is 5.75. The van der Waals surface area contributed by atoms with E-state index in [2.05, 4.69) is 0 Å². The molecule has 0 radical (unpaired) electrons. The van der Waals surface area contributed by atoms with Gasteiger partial charge in [-0.3, -0.25) is 4.79 Å². The molecule has 1 aliphatic rings. The number of amides is 1. The molecule has 0 spiro atoms. The van der Waals surface area contributed by atoms with E-state index in [1.165, 1.54) is 29.2 Å². The summed E-state index contributed by atoms with van der Waals surface area (Å²) in [4.78, 5) is 13.5. The van der Waals surface area contributed by atoms with Gasteiger partial charge in [-0.25, -0.2) is 17.2 Å². The molecule has 1 heterocycles. The molecule has 0 aromatic heterocycles. The van der Waals surface area contributed by atoms with Crippen molar-refractivity contribution in [3.8, 4) is 0 Å². The Bertz CT molecular complexity index is 633. The van der Waals surface area contributed by atoms with Crippen molar-refractivity contribution in [2.45, 2.75) is 17.4 Å². The molecule has 1 aromatic carbocycles. The quantitative estimate of drug-likeness (QED) is 0.840. The van der Waals surface area contributed by atoms with E-state index in [-0.39, 0.29) is 30.2 Å². The van der Waals surface area contributed by atoms with Crippen LogP contribution in [-0.2, 0) is 14.6 Å². The number of alkyl halides is 2. The van der Waals surface area contributed by atoms with Gasteiger partial charge in [0.2, 0.25) is 0 Å². The summed E-state index contributed by atoms with van der Waals surface area (Å²) >= 11 is 0. The molecule has 2 rings (SSSR count). The molecule has 1 atom stereocenters. The van der Waals surface area contributed by atoms with Gasteiger partial charge in [0, 0.05) is 12.8 Å². The number of morpholine rings is 1. The molecule has 1 aliphatic heterocycles. The lowest BCUT2D eigenvalue weighted by atomic mass is 10.1. The average molecular weight is 319 g/mol. The number of halogens is 2. The summed E-state index contributed by atoms with van der Waals surface area (Å²) in [6.45, 7) is -0.101. The highest BCUT2D eigenvalue weighted by Crippen LogP contribution is 2.20. The zero-order valence-electron chi connectivity index (χ0n) is 11.3. The van der Waals surface area contributed by atoms with E-state index in [1.807, 2.05) is 0 Å². The van der Waals surface area contributed by atoms with Crippen molar-refractivity contribution < 1.29 is 26.7 Å². The van der Waals surface area contributed by atoms with Gasteiger partial charge in [-0.1, -0.05) is 12.1 Å². The Labute approximate surface area is 121 Å². The number of hydrogen-bond acceptors (Lipinski definition) is 4. The summed E-state index contributed by atoms with van der Waals surface area (Å²) < 4.78 is 53.6. The Balaban J connectivity index is 2.29. The zero-order chi connectivity index (χ0) is 15.6. The molecule has 21 heavy (non-hydrogen) atoms. The lowest BCUT2D eigenvalue weighted by Gasteiger charge is -2.32. The van der Waals surface area contributed by atoms with Crippen LogP contribution in [0.3, 0.4) is 0 Å². The predicted octanol–water partition coefficient (Wildman–Crippen LogP) is 1.20. The first kappa shape index (κ1) is 15.8. The molecule has 0 aliphatic carbocycles. The Hall–Kier alpha value is -1.54. The van der Waals surface area contributed by atoms with Gasteiger partial charge < -0.3 is 9.64 Å². The minimum absolute atomic E-state index is 0.00177. The smallest absolute Gasteiger partial charge is 0.266 e. The van der Waals surface area contributed by atoms with E-state index in [9.17, 15) is 22.0 Å². The van der Waals surface area contributed by atoms with Crippen LogP contribution in [0.4, 0.5) is 8.78 Å². The third-order valence-corrected chi connectivity index (χ3v) is 4.33. The monoisotopic (exact) mass is 319 g/mol. The maximum absolute atomic E-state index is 12.7. The number of nitrogens with zero attached hydrogens (tertiary/aromatic N) is 1. The maximum Gasteiger partial charge on any atom is 0.266 e. The van der Waals surface area contributed by atoms with Crippen molar-refractivity contribution in [1.29, 1.82) is 0 Å². The van der Waals surface area contributed by atoms with Gasteiger partial charge in [-0.15, -0.1) is 0 Å². The molecule has 8 heteroatoms. The van der Waals surface area contributed by atoms with Crippen molar-refractivity contribution in [2.75, 3.05) is 26.0 Å². The molecule has 0 saturated carbocycles. The molecule has 1 amide bonds. The number of ether oxygens (including phenoxy) is 1. The van der Waals surface area contributed by atoms with Crippen LogP contribution in [0.5, 0.6) is 0 Å². The van der Waals surface area contributed by atoms with Crippen molar-refractivity contribution in [3.63, 3.8) is 0 Å². The maximum atomic E-state index is 12.7. The molecular formula is C13H15F2NO4S. The summed E-state index contributed by atoms with van der Waals surface area (Å²) in [5.74, 6) is -0.579. The fourth-order valence-corrected chi connectivity index (χ4v) is 3.03. The molecule has 116 valence electrons. The van der Waals surface area contributed by atoms with Crippen LogP contribution < -0.4 is 0 Å². The summed E-state index contributed by atoms with van der Waals surface area (Å²) in [6.07, 6.45) is -3.03. The third-order valence-electron chi connectivity index (χ3n) is 3.18. The highest BCUT2D eigenvalue weighted by molar-refractivity contribution is 7.90. The molecule has 1 aromatic rings. The molecule has 5 nitrogen and oxygen atoms in total. The van der Waals surface area contributed by atoms with E-state index in [0.29, 0.717) is 0 Å². The van der Waals surface area contributed by atoms with Crippen molar-refractivity contribution in [2.24, 2.45) is 0 Å². The predicted molar refractivity (Wildman–Crippen MR) is 71.2 cm³/mol. The van der Waals surface area contributed by atoms with Crippen LogP contribution in [-0.4, -0.2) is 57.7 Å². The van der Waals surface area contributed by atoms with Gasteiger partial charge in [0.05, 0.1) is 23.6 Å². The van der Waals surface area contributed by atoms with Crippen LogP contribution in [0.15, 0.2) is 29.2 Å². The summed E-state index contributed by atoms with van der Waals surface area (Å²) in [5.41, 5.74) is -0.00471. The van der Waals surface area contributed by atoms with E-state index in [4.69, 9.17) is 4.74 Å². The average Bonchev–Trinajstić information content (AvgIpc) is 2.45. The number of carbonyl (C=O) groups is 1. The third kappa shape index (κ3) is 3.56. The molecule has 0 bridgehead atoms. The van der Waals surface area contributed by atoms with Crippen molar-refractivity contribution in [3.05, 3.63) is 29.8 Å². The van der Waals surface area contributed by atoms with Crippen molar-refractivity contribution >= 4 is 15.7 Å². The van der Waals surface area contributed by atoms with Crippen LogP contribution in [0.25, 0.3) is 0 Å². The molecule has 1 saturated heterocycles. The Morgan fingerprint density at radius 3 is 2.67 bits per heavy atom. The number of benzene rings is 1. The number of rotatable bonds is 3. The topological polar surface area (TPSA) is 63.7 Å². The molecule has 0 N–H and O–H groups in total. The normalized spacial score (nSPS) is 19.8. The second kappa shape index (κ2) is 6.07. The van der Waals surface area contributed by atoms with Gasteiger partial charge in [-0.2, -0.15) is 0 Å². The van der Waals surface area contributed by atoms with E-state index < -0.39 is 28.3 Å². The standard InChI is InChI=1S/C13H15F2NO4S/c1-21(18,19)11-5-3-2-4-9(11)13(17)16-6-7-20-10(8-16)12(14)15/h2-5,10,12H,6-8H2,1H3. The summed E-state index contributed by atoms with van der Waals surface area (Å²) in [5, 5.41) is 0. The number of sulfone groups is 1. The van der Waals surface area contributed by atoms with Gasteiger partial charge >= 0.3 is 0 Å². The van der Waals surface area contributed by atoms with Crippen molar-refractivity contribution in [1.82, 2.24) is 4.90 Å². The molecule has 1 fully saturated rings. The van der Waals surface area contributed by atoms with Crippen LogP contribution >= 0.6 is 0 Å². The second-order valence-corrected chi connectivity index (χ2v) is 6.75. The Kier molecular flexibility index (Phi) is 4.58. The molecule has 1 unspecified atom stereocenters. The Morgan fingerprint density at radius 2 is 2.05 bits per heavy atom. The Morgan fingerprint density at radius 1 is 1.38 bits per heavy atom. The fourth-order valence-electron chi connectivity index (χ4n) is 2.15.